The summed E-state index contributed by atoms with van der Waals surface area (Å²) in [7, 11) is 1.75. The number of methoxy groups -OCH3 is 1. The van der Waals surface area contributed by atoms with Crippen LogP contribution in [-0.2, 0) is 10.2 Å². The Bertz CT molecular complexity index is 2200. The van der Waals surface area contributed by atoms with E-state index in [9.17, 15) is 5.11 Å². The Hall–Kier alpha value is -5.20. The zero-order valence-electron chi connectivity index (χ0n) is 29.6. The fourth-order valence-electron chi connectivity index (χ4n) is 8.87. The van der Waals surface area contributed by atoms with E-state index in [2.05, 4.69) is 121 Å². The first-order valence-corrected chi connectivity index (χ1v) is 18.2. The number of piperidine rings is 1. The summed E-state index contributed by atoms with van der Waals surface area (Å²) in [6, 6.07) is 33.1. The molecule has 0 aromatic heterocycles. The van der Waals surface area contributed by atoms with Crippen molar-refractivity contribution < 1.29 is 19.3 Å². The molecule has 3 heterocycles. The molecule has 9 rings (SSSR count). The van der Waals surface area contributed by atoms with Gasteiger partial charge < -0.3 is 29.1 Å². The van der Waals surface area contributed by atoms with Gasteiger partial charge in [0.1, 0.15) is 17.6 Å². The lowest BCUT2D eigenvalue weighted by Crippen LogP contribution is -2.36. The van der Waals surface area contributed by atoms with Crippen molar-refractivity contribution in [3.05, 3.63) is 137 Å². The van der Waals surface area contributed by atoms with Crippen LogP contribution in [0.1, 0.15) is 60.6 Å². The molecule has 0 saturated carbocycles. The molecular formula is C45H44N2O4. The van der Waals surface area contributed by atoms with Gasteiger partial charge in [-0.3, -0.25) is 0 Å². The summed E-state index contributed by atoms with van der Waals surface area (Å²) in [6.07, 6.45) is 5.21. The van der Waals surface area contributed by atoms with Crippen molar-refractivity contribution in [3.8, 4) is 22.6 Å². The predicted molar refractivity (Wildman–Crippen MR) is 207 cm³/mol. The van der Waals surface area contributed by atoms with E-state index in [0.717, 1.165) is 90.3 Å². The van der Waals surface area contributed by atoms with Crippen LogP contribution in [0, 0.1) is 0 Å². The molecule has 1 N–H and O–H groups in total. The number of fused-ring (bicyclic) bond motifs is 8. The van der Waals surface area contributed by atoms with Crippen LogP contribution in [0.5, 0.6) is 11.5 Å². The van der Waals surface area contributed by atoms with Crippen molar-refractivity contribution in [1.29, 1.82) is 0 Å². The van der Waals surface area contributed by atoms with Crippen LogP contribution in [0.2, 0.25) is 0 Å². The maximum Gasteiger partial charge on any atom is 0.143 e. The molecule has 1 atom stereocenters. The lowest BCUT2D eigenvalue weighted by atomic mass is 9.75. The van der Waals surface area contributed by atoms with E-state index in [0.29, 0.717) is 6.54 Å². The topological polar surface area (TPSA) is 54.4 Å². The molecule has 0 radical (unpaired) electrons. The Morgan fingerprint density at radius 3 is 2.37 bits per heavy atom. The van der Waals surface area contributed by atoms with E-state index in [-0.39, 0.29) is 11.5 Å². The molecule has 5 aromatic carbocycles. The predicted octanol–water partition coefficient (Wildman–Crippen LogP) is 9.60. The molecule has 3 aliphatic heterocycles. The second-order valence-electron chi connectivity index (χ2n) is 14.7. The molecule has 1 unspecified atom stereocenters. The monoisotopic (exact) mass is 676 g/mol. The number of rotatable bonds is 5. The highest BCUT2D eigenvalue weighted by molar-refractivity contribution is 6.12. The molecular weight excluding hydrogens is 633 g/mol. The fourth-order valence-corrected chi connectivity index (χ4v) is 8.87. The van der Waals surface area contributed by atoms with Gasteiger partial charge in [-0.1, -0.05) is 80.6 Å². The van der Waals surface area contributed by atoms with Gasteiger partial charge in [-0.05, 0) is 93.1 Å². The summed E-state index contributed by atoms with van der Waals surface area (Å²) >= 11 is 0. The third-order valence-electron chi connectivity index (χ3n) is 11.4. The van der Waals surface area contributed by atoms with Crippen molar-refractivity contribution in [2.24, 2.45) is 0 Å². The molecule has 0 amide bonds. The minimum Gasteiger partial charge on any atom is -0.516 e. The average molecular weight is 677 g/mol. The van der Waals surface area contributed by atoms with Crippen LogP contribution in [0.25, 0.3) is 27.5 Å². The third kappa shape index (κ3) is 5.19. The second-order valence-corrected chi connectivity index (χ2v) is 14.7. The number of morpholine rings is 1. The van der Waals surface area contributed by atoms with Crippen molar-refractivity contribution in [2.75, 3.05) is 56.3 Å². The standard InChI is InChI=1S/C45H44N2O4/c1-45(2)37-14-8-7-13-33(37)41-35-24-38(47-19-9-10-29(27-47)28-48)40(49-3)26-36(35)44-42(43(41)45)34(30-11-5-4-6-12-30)25-39(51-44)31-15-17-32(18-16-31)46-20-22-50-23-21-46/h4-8,11-18,24-26,28,39,48H,9-10,19-23,27H2,1-3H3. The maximum absolute atomic E-state index is 9.95. The SMILES string of the molecule is COc1cc2c3c(c4c(c2cc1N1CCCC(=CO)C1)-c1ccccc1C4(C)C)C(c1ccccc1)=CC(c1ccc(N2CCOCC2)cc1)O3. The molecule has 6 nitrogen and oxygen atoms in total. The van der Waals surface area contributed by atoms with E-state index in [1.807, 2.05) is 0 Å². The molecule has 5 aromatic rings. The van der Waals surface area contributed by atoms with Gasteiger partial charge in [0.15, 0.2) is 0 Å². The van der Waals surface area contributed by atoms with E-state index in [1.54, 1.807) is 7.11 Å². The number of hydrogen-bond donors (Lipinski definition) is 1. The van der Waals surface area contributed by atoms with Crippen LogP contribution in [0.15, 0.2) is 109 Å². The summed E-state index contributed by atoms with van der Waals surface area (Å²) in [4.78, 5) is 4.73. The first-order valence-electron chi connectivity index (χ1n) is 18.2. The van der Waals surface area contributed by atoms with Crippen LogP contribution < -0.4 is 19.3 Å². The molecule has 4 aliphatic rings. The molecule has 258 valence electrons. The van der Waals surface area contributed by atoms with Crippen LogP contribution in [-0.4, -0.2) is 51.6 Å². The lowest BCUT2D eigenvalue weighted by Gasteiger charge is -2.35. The van der Waals surface area contributed by atoms with Crippen LogP contribution in [0.3, 0.4) is 0 Å². The molecule has 0 bridgehead atoms. The van der Waals surface area contributed by atoms with Gasteiger partial charge in [0.05, 0.1) is 32.3 Å². The molecule has 51 heavy (non-hydrogen) atoms. The smallest absolute Gasteiger partial charge is 0.143 e. The molecule has 1 aliphatic carbocycles. The fraction of sp³-hybridized carbons (Fsp3) is 0.289. The number of nitrogens with zero attached hydrogens (tertiary/aromatic N) is 2. The number of aliphatic hydroxyl groups is 1. The number of anilines is 2. The second kappa shape index (κ2) is 12.5. The quantitative estimate of drug-likeness (QED) is 0.187. The van der Waals surface area contributed by atoms with Gasteiger partial charge >= 0.3 is 0 Å². The summed E-state index contributed by atoms with van der Waals surface area (Å²) in [5.41, 5.74) is 12.8. The summed E-state index contributed by atoms with van der Waals surface area (Å²) in [6.45, 7) is 9.60. The molecule has 2 saturated heterocycles. The average Bonchev–Trinajstić information content (AvgIpc) is 3.44. The van der Waals surface area contributed by atoms with Crippen molar-refractivity contribution in [1.82, 2.24) is 0 Å². The largest absolute Gasteiger partial charge is 0.516 e. The van der Waals surface area contributed by atoms with Crippen molar-refractivity contribution in [3.63, 3.8) is 0 Å². The zero-order valence-corrected chi connectivity index (χ0v) is 29.6. The highest BCUT2D eigenvalue weighted by atomic mass is 16.5. The molecule has 2 fully saturated rings. The highest BCUT2D eigenvalue weighted by Gasteiger charge is 2.43. The Balaban J connectivity index is 1.30. The van der Waals surface area contributed by atoms with Gasteiger partial charge in [0.25, 0.3) is 0 Å². The number of hydrogen-bond acceptors (Lipinski definition) is 6. The van der Waals surface area contributed by atoms with E-state index in [1.165, 1.54) is 45.3 Å². The Morgan fingerprint density at radius 1 is 0.843 bits per heavy atom. The summed E-state index contributed by atoms with van der Waals surface area (Å²) in [5.74, 6) is 1.70. The Kier molecular flexibility index (Phi) is 7.81. The van der Waals surface area contributed by atoms with Crippen molar-refractivity contribution in [2.45, 2.75) is 38.2 Å². The van der Waals surface area contributed by atoms with Gasteiger partial charge in [0, 0.05) is 48.2 Å². The first kappa shape index (κ1) is 31.8. The molecule has 6 heteroatoms. The summed E-state index contributed by atoms with van der Waals surface area (Å²) in [5, 5.41) is 12.2. The highest BCUT2D eigenvalue weighted by Crippen LogP contribution is 2.60. The Morgan fingerprint density at radius 2 is 1.61 bits per heavy atom. The minimum atomic E-state index is -0.287. The normalized spacial score (nSPS) is 20.0. The van der Waals surface area contributed by atoms with Gasteiger partial charge in [-0.25, -0.2) is 0 Å². The number of aliphatic hydroxyl groups excluding tert-OH is 1. The molecule has 0 spiro atoms. The Labute approximate surface area is 300 Å². The zero-order chi connectivity index (χ0) is 34.7. The van der Waals surface area contributed by atoms with E-state index in [4.69, 9.17) is 14.2 Å². The first-order chi connectivity index (χ1) is 25.0. The summed E-state index contributed by atoms with van der Waals surface area (Å²) < 4.78 is 19.1. The number of benzene rings is 5. The maximum atomic E-state index is 9.95. The number of ether oxygens (including phenoxy) is 3. The van der Waals surface area contributed by atoms with Crippen LogP contribution >= 0.6 is 0 Å². The lowest BCUT2D eigenvalue weighted by molar-refractivity contribution is 0.122. The minimum absolute atomic E-state index is 0.272. The van der Waals surface area contributed by atoms with Crippen molar-refractivity contribution >= 4 is 27.7 Å². The van der Waals surface area contributed by atoms with E-state index >= 15 is 0 Å². The van der Waals surface area contributed by atoms with Gasteiger partial charge in [-0.2, -0.15) is 0 Å². The van der Waals surface area contributed by atoms with E-state index < -0.39 is 0 Å². The third-order valence-corrected chi connectivity index (χ3v) is 11.4. The van der Waals surface area contributed by atoms with Gasteiger partial charge in [-0.15, -0.1) is 0 Å². The van der Waals surface area contributed by atoms with Crippen LogP contribution in [0.4, 0.5) is 11.4 Å². The van der Waals surface area contributed by atoms with Gasteiger partial charge in [0.2, 0.25) is 0 Å².